The molecule has 0 saturated heterocycles. The summed E-state index contributed by atoms with van der Waals surface area (Å²) in [7, 11) is 0. The summed E-state index contributed by atoms with van der Waals surface area (Å²) in [6, 6.07) is 21.8. The molecule has 0 N–H and O–H groups in total. The van der Waals surface area contributed by atoms with Crippen molar-refractivity contribution in [2.45, 2.75) is 19.8 Å². The molecule has 0 aromatic heterocycles. The first kappa shape index (κ1) is 16.8. The van der Waals surface area contributed by atoms with Crippen molar-refractivity contribution in [3.8, 4) is 0 Å². The Labute approximate surface area is 166 Å². The Kier molecular flexibility index (Phi) is 4.02. The van der Waals surface area contributed by atoms with Gasteiger partial charge < -0.3 is 4.90 Å². The van der Waals surface area contributed by atoms with E-state index in [4.69, 9.17) is 0 Å². The lowest BCUT2D eigenvalue weighted by molar-refractivity contribution is 0.982. The van der Waals surface area contributed by atoms with Crippen molar-refractivity contribution < 1.29 is 0 Å². The summed E-state index contributed by atoms with van der Waals surface area (Å²) < 4.78 is 0. The minimum atomic E-state index is 1.04. The Balaban J connectivity index is 1.83. The van der Waals surface area contributed by atoms with E-state index in [1.807, 2.05) is 0 Å². The lowest BCUT2D eigenvalue weighted by atomic mass is 9.84. The average Bonchev–Trinajstić information content (AvgIpc) is 2.73. The first-order valence-corrected chi connectivity index (χ1v) is 9.87. The molecule has 0 bridgehead atoms. The highest BCUT2D eigenvalue weighted by molar-refractivity contribution is 6.04. The van der Waals surface area contributed by atoms with Crippen LogP contribution in [0.5, 0.6) is 0 Å². The molecule has 136 valence electrons. The molecular formula is C27H23N. The van der Waals surface area contributed by atoms with E-state index in [1.54, 1.807) is 0 Å². The van der Waals surface area contributed by atoms with Crippen LogP contribution in [-0.4, -0.2) is 0 Å². The normalized spacial score (nSPS) is 17.2. The molecule has 0 saturated carbocycles. The number of hydrogen-bond donors (Lipinski definition) is 0. The van der Waals surface area contributed by atoms with Gasteiger partial charge in [-0.05, 0) is 71.5 Å². The van der Waals surface area contributed by atoms with Crippen molar-refractivity contribution in [2.75, 3.05) is 4.90 Å². The number of rotatable bonds is 1. The Morgan fingerprint density at radius 1 is 0.893 bits per heavy atom. The molecule has 28 heavy (non-hydrogen) atoms. The molecule has 2 aliphatic rings. The highest BCUT2D eigenvalue weighted by Gasteiger charge is 2.22. The summed E-state index contributed by atoms with van der Waals surface area (Å²) in [6.07, 6.45) is 11.1. The van der Waals surface area contributed by atoms with Crippen LogP contribution in [0.15, 0.2) is 103 Å². The van der Waals surface area contributed by atoms with E-state index in [9.17, 15) is 0 Å². The van der Waals surface area contributed by atoms with Gasteiger partial charge in [0.25, 0.3) is 0 Å². The number of allylic oxidation sites excluding steroid dienone is 6. The van der Waals surface area contributed by atoms with Gasteiger partial charge in [0.05, 0.1) is 5.69 Å². The van der Waals surface area contributed by atoms with Crippen molar-refractivity contribution in [3.63, 3.8) is 0 Å². The van der Waals surface area contributed by atoms with E-state index in [0.29, 0.717) is 0 Å². The van der Waals surface area contributed by atoms with Gasteiger partial charge in [0.1, 0.15) is 0 Å². The first-order chi connectivity index (χ1) is 13.7. The van der Waals surface area contributed by atoms with Gasteiger partial charge >= 0.3 is 0 Å². The second kappa shape index (κ2) is 6.69. The average molecular weight is 361 g/mol. The third-order valence-electron chi connectivity index (χ3n) is 5.75. The SMILES string of the molecule is C=C1C2=C(C=CCC2)/C=C\N(c2ccc(C)cc2)c2ccc3ccccc3c21. The van der Waals surface area contributed by atoms with E-state index in [0.717, 1.165) is 24.1 Å². The number of nitrogens with zero attached hydrogens (tertiary/aromatic N) is 1. The molecule has 1 heterocycles. The van der Waals surface area contributed by atoms with Gasteiger partial charge in [-0.15, -0.1) is 0 Å². The highest BCUT2D eigenvalue weighted by atomic mass is 15.1. The molecule has 1 aliphatic carbocycles. The topological polar surface area (TPSA) is 3.24 Å². The summed E-state index contributed by atoms with van der Waals surface area (Å²) in [5.41, 5.74) is 8.63. The van der Waals surface area contributed by atoms with E-state index in [2.05, 4.69) is 103 Å². The molecule has 0 fully saturated rings. The quantitative estimate of drug-likeness (QED) is 0.434. The molecule has 0 radical (unpaired) electrons. The molecule has 5 rings (SSSR count). The zero-order chi connectivity index (χ0) is 19.1. The van der Waals surface area contributed by atoms with Crippen LogP contribution in [0, 0.1) is 6.92 Å². The lowest BCUT2D eigenvalue weighted by Gasteiger charge is -2.29. The van der Waals surface area contributed by atoms with Crippen LogP contribution in [0.1, 0.15) is 24.0 Å². The van der Waals surface area contributed by atoms with Crippen LogP contribution >= 0.6 is 0 Å². The fraction of sp³-hybridized carbons (Fsp3) is 0.111. The fourth-order valence-electron chi connectivity index (χ4n) is 4.26. The van der Waals surface area contributed by atoms with E-state index >= 15 is 0 Å². The summed E-state index contributed by atoms with van der Waals surface area (Å²) >= 11 is 0. The van der Waals surface area contributed by atoms with Gasteiger partial charge in [-0.25, -0.2) is 0 Å². The minimum absolute atomic E-state index is 1.04. The molecular weight excluding hydrogens is 338 g/mol. The third-order valence-corrected chi connectivity index (χ3v) is 5.75. The number of benzene rings is 3. The van der Waals surface area contributed by atoms with Crippen LogP contribution < -0.4 is 4.90 Å². The minimum Gasteiger partial charge on any atom is -0.317 e. The molecule has 0 spiro atoms. The van der Waals surface area contributed by atoms with Gasteiger partial charge in [0, 0.05) is 17.5 Å². The predicted molar refractivity (Wildman–Crippen MR) is 121 cm³/mol. The summed E-state index contributed by atoms with van der Waals surface area (Å²) in [4.78, 5) is 2.29. The molecule has 3 aromatic carbocycles. The lowest BCUT2D eigenvalue weighted by Crippen LogP contribution is -2.14. The smallest absolute Gasteiger partial charge is 0.0540 e. The van der Waals surface area contributed by atoms with Crippen molar-refractivity contribution in [3.05, 3.63) is 114 Å². The fourth-order valence-corrected chi connectivity index (χ4v) is 4.26. The molecule has 1 aliphatic heterocycles. The number of aryl methyl sites for hydroxylation is 1. The third kappa shape index (κ3) is 2.71. The number of fused-ring (bicyclic) bond motifs is 3. The maximum absolute atomic E-state index is 4.58. The molecule has 0 amide bonds. The van der Waals surface area contributed by atoms with Crippen molar-refractivity contribution in [1.82, 2.24) is 0 Å². The van der Waals surface area contributed by atoms with Crippen LogP contribution in [0.4, 0.5) is 11.4 Å². The Hall–Kier alpha value is -3.32. The molecule has 1 heteroatoms. The standard InChI is InChI=1S/C27H23N/c1-19-11-14-23(15-12-19)28-18-17-22-8-3-5-9-24(22)20(2)27-25-10-6-4-7-21(25)13-16-26(27)28/h3-4,6-8,10-18H,2,5,9H2,1H3/b18-17-. The van der Waals surface area contributed by atoms with Gasteiger partial charge in [0.15, 0.2) is 0 Å². The summed E-state index contributed by atoms with van der Waals surface area (Å²) in [5.74, 6) is 0. The maximum atomic E-state index is 4.58. The van der Waals surface area contributed by atoms with Crippen molar-refractivity contribution >= 4 is 27.7 Å². The van der Waals surface area contributed by atoms with Crippen LogP contribution in [-0.2, 0) is 0 Å². The van der Waals surface area contributed by atoms with Crippen LogP contribution in [0.25, 0.3) is 16.3 Å². The highest BCUT2D eigenvalue weighted by Crippen LogP contribution is 2.43. The zero-order valence-electron chi connectivity index (χ0n) is 16.2. The predicted octanol–water partition coefficient (Wildman–Crippen LogP) is 7.47. The second-order valence-electron chi connectivity index (χ2n) is 7.56. The Bertz CT molecular complexity index is 1170. The summed E-state index contributed by atoms with van der Waals surface area (Å²) in [5, 5.41) is 2.52. The zero-order valence-corrected chi connectivity index (χ0v) is 16.2. The molecule has 0 unspecified atom stereocenters. The monoisotopic (exact) mass is 361 g/mol. The largest absolute Gasteiger partial charge is 0.317 e. The number of anilines is 2. The molecule has 3 aromatic rings. The summed E-state index contributed by atoms with van der Waals surface area (Å²) in [6.45, 7) is 6.71. The van der Waals surface area contributed by atoms with E-state index in [1.165, 1.54) is 38.7 Å². The number of hydrogen-bond acceptors (Lipinski definition) is 1. The van der Waals surface area contributed by atoms with E-state index in [-0.39, 0.29) is 0 Å². The Morgan fingerprint density at radius 3 is 2.57 bits per heavy atom. The molecule has 0 atom stereocenters. The van der Waals surface area contributed by atoms with Crippen molar-refractivity contribution in [2.24, 2.45) is 0 Å². The van der Waals surface area contributed by atoms with Gasteiger partial charge in [-0.2, -0.15) is 0 Å². The van der Waals surface area contributed by atoms with Crippen LogP contribution in [0.3, 0.4) is 0 Å². The van der Waals surface area contributed by atoms with Crippen LogP contribution in [0.2, 0.25) is 0 Å². The van der Waals surface area contributed by atoms with Gasteiger partial charge in [0.2, 0.25) is 0 Å². The second-order valence-corrected chi connectivity index (χ2v) is 7.56. The molecule has 1 nitrogen and oxygen atoms in total. The van der Waals surface area contributed by atoms with Crippen molar-refractivity contribution in [1.29, 1.82) is 0 Å². The van der Waals surface area contributed by atoms with Gasteiger partial charge in [-0.1, -0.05) is 66.8 Å². The first-order valence-electron chi connectivity index (χ1n) is 9.87. The Morgan fingerprint density at radius 2 is 1.71 bits per heavy atom. The van der Waals surface area contributed by atoms with E-state index < -0.39 is 0 Å². The maximum Gasteiger partial charge on any atom is 0.0540 e. The van der Waals surface area contributed by atoms with Gasteiger partial charge in [-0.3, -0.25) is 0 Å².